The lowest BCUT2D eigenvalue weighted by molar-refractivity contribution is 0.0889. The van der Waals surface area contributed by atoms with Crippen LogP contribution in [-0.4, -0.2) is 25.2 Å². The Morgan fingerprint density at radius 3 is 2.26 bits per heavy atom. The van der Waals surface area contributed by atoms with Crippen molar-refractivity contribution >= 4 is 29.3 Å². The van der Waals surface area contributed by atoms with Crippen LogP contribution < -0.4 is 10.2 Å². The molecule has 3 rings (SSSR count). The van der Waals surface area contributed by atoms with Crippen LogP contribution in [0.3, 0.4) is 0 Å². The molecule has 2 aromatic rings. The van der Waals surface area contributed by atoms with Gasteiger partial charge >= 0.3 is 6.09 Å². The van der Waals surface area contributed by atoms with Gasteiger partial charge in [-0.25, -0.2) is 4.79 Å². The second-order valence-electron chi connectivity index (χ2n) is 6.56. The molecule has 1 saturated heterocycles. The summed E-state index contributed by atoms with van der Waals surface area (Å²) >= 11 is 6.00. The van der Waals surface area contributed by atoms with E-state index in [0.29, 0.717) is 23.7 Å². The maximum absolute atomic E-state index is 12.9. The van der Waals surface area contributed by atoms with Crippen molar-refractivity contribution in [3.8, 4) is 0 Å². The molecule has 0 bridgehead atoms. The summed E-state index contributed by atoms with van der Waals surface area (Å²) in [6, 6.07) is 14.6. The quantitative estimate of drug-likeness (QED) is 0.779. The third-order valence-corrected chi connectivity index (χ3v) is 5.41. The second-order valence-corrected chi connectivity index (χ2v) is 7.00. The highest BCUT2D eigenvalue weighted by molar-refractivity contribution is 6.30. The molecule has 0 aliphatic carbocycles. The Bertz CT molecular complexity index is 814. The van der Waals surface area contributed by atoms with Gasteiger partial charge in [0.05, 0.1) is 12.1 Å². The molecule has 6 heteroatoms. The molecule has 0 radical (unpaired) electrons. The van der Waals surface area contributed by atoms with Gasteiger partial charge in [0.15, 0.2) is 0 Å². The van der Waals surface area contributed by atoms with E-state index in [4.69, 9.17) is 16.3 Å². The molecule has 5 nitrogen and oxygen atoms in total. The van der Waals surface area contributed by atoms with E-state index in [0.717, 1.165) is 24.1 Å². The summed E-state index contributed by atoms with van der Waals surface area (Å²) in [5, 5.41) is 3.86. The zero-order valence-corrected chi connectivity index (χ0v) is 16.3. The molecule has 0 spiro atoms. The number of benzene rings is 2. The lowest BCUT2D eigenvalue weighted by atomic mass is 9.84. The summed E-state index contributed by atoms with van der Waals surface area (Å²) in [5.74, 6) is -0.149. The number of hydrogen-bond donors (Lipinski definition) is 1. The number of rotatable bonds is 6. The predicted molar refractivity (Wildman–Crippen MR) is 106 cm³/mol. The van der Waals surface area contributed by atoms with E-state index < -0.39 is 5.54 Å². The molecule has 2 amide bonds. The van der Waals surface area contributed by atoms with Crippen molar-refractivity contribution in [3.05, 3.63) is 64.7 Å². The van der Waals surface area contributed by atoms with Crippen molar-refractivity contribution in [1.29, 1.82) is 0 Å². The monoisotopic (exact) mass is 386 g/mol. The number of ether oxygens (including phenoxy) is 1. The fourth-order valence-corrected chi connectivity index (χ4v) is 3.51. The van der Waals surface area contributed by atoms with Gasteiger partial charge in [-0.1, -0.05) is 37.6 Å². The van der Waals surface area contributed by atoms with Crippen LogP contribution in [0.25, 0.3) is 0 Å². The maximum atomic E-state index is 12.9. The lowest BCUT2D eigenvalue weighted by Crippen LogP contribution is -2.45. The highest BCUT2D eigenvalue weighted by atomic mass is 35.5. The van der Waals surface area contributed by atoms with E-state index in [-0.39, 0.29) is 12.0 Å². The van der Waals surface area contributed by atoms with Gasteiger partial charge < -0.3 is 10.1 Å². The Balaban J connectivity index is 1.79. The van der Waals surface area contributed by atoms with Crippen LogP contribution in [0, 0.1) is 0 Å². The molecule has 142 valence electrons. The van der Waals surface area contributed by atoms with Crippen molar-refractivity contribution in [1.82, 2.24) is 5.32 Å². The summed E-state index contributed by atoms with van der Waals surface area (Å²) in [6.07, 6.45) is 1.16. The zero-order valence-electron chi connectivity index (χ0n) is 15.5. The summed E-state index contributed by atoms with van der Waals surface area (Å²) in [4.78, 5) is 26.1. The first kappa shape index (κ1) is 19.2. The molecular formula is C21H23ClN2O3. The molecular weight excluding hydrogens is 364 g/mol. The zero-order chi connectivity index (χ0) is 19.4. The molecule has 27 heavy (non-hydrogen) atoms. The number of nitrogens with one attached hydrogen (secondary N) is 1. The number of carbonyl (C=O) groups is 2. The highest BCUT2D eigenvalue weighted by Gasteiger charge is 2.31. The fourth-order valence-electron chi connectivity index (χ4n) is 3.39. The minimum absolute atomic E-state index is 0.149. The summed E-state index contributed by atoms with van der Waals surface area (Å²) < 4.78 is 4.95. The molecule has 0 atom stereocenters. The molecule has 1 N–H and O–H groups in total. The molecule has 1 fully saturated rings. The summed E-state index contributed by atoms with van der Waals surface area (Å²) in [6.45, 7) is 5.02. The minimum atomic E-state index is -0.459. The highest BCUT2D eigenvalue weighted by Crippen LogP contribution is 2.30. The van der Waals surface area contributed by atoms with E-state index in [1.165, 1.54) is 0 Å². The fraction of sp³-hybridized carbons (Fsp3) is 0.333. The van der Waals surface area contributed by atoms with E-state index in [1.54, 1.807) is 29.2 Å². The first-order chi connectivity index (χ1) is 13.0. The molecule has 0 aromatic heterocycles. The van der Waals surface area contributed by atoms with Gasteiger partial charge in [-0.2, -0.15) is 0 Å². The Morgan fingerprint density at radius 1 is 1.11 bits per heavy atom. The van der Waals surface area contributed by atoms with E-state index >= 15 is 0 Å². The Kier molecular flexibility index (Phi) is 5.71. The summed E-state index contributed by atoms with van der Waals surface area (Å²) in [7, 11) is 0. The number of hydrogen-bond acceptors (Lipinski definition) is 3. The lowest BCUT2D eigenvalue weighted by Gasteiger charge is -2.33. The first-order valence-corrected chi connectivity index (χ1v) is 9.50. The van der Waals surface area contributed by atoms with E-state index in [1.807, 2.05) is 24.3 Å². The van der Waals surface area contributed by atoms with Crippen molar-refractivity contribution < 1.29 is 14.3 Å². The average Bonchev–Trinajstić information content (AvgIpc) is 3.13. The van der Waals surface area contributed by atoms with Gasteiger partial charge in [0, 0.05) is 16.3 Å². The van der Waals surface area contributed by atoms with Crippen LogP contribution in [0.5, 0.6) is 0 Å². The molecule has 0 unspecified atom stereocenters. The molecule has 2 aromatic carbocycles. The van der Waals surface area contributed by atoms with Gasteiger partial charge in [-0.05, 0) is 54.8 Å². The number of halogens is 1. The third-order valence-electron chi connectivity index (χ3n) is 5.16. The predicted octanol–water partition coefficient (Wildman–Crippen LogP) is 4.74. The van der Waals surface area contributed by atoms with Crippen molar-refractivity contribution in [2.45, 2.75) is 32.2 Å². The topological polar surface area (TPSA) is 58.6 Å². The molecule has 1 aliphatic rings. The average molecular weight is 387 g/mol. The Morgan fingerprint density at radius 2 is 1.74 bits per heavy atom. The van der Waals surface area contributed by atoms with Crippen LogP contribution in [0.4, 0.5) is 10.5 Å². The smallest absolute Gasteiger partial charge is 0.414 e. The van der Waals surface area contributed by atoms with Crippen LogP contribution in [0.1, 0.15) is 42.6 Å². The number of anilines is 1. The van der Waals surface area contributed by atoms with Crippen LogP contribution in [-0.2, 0) is 10.3 Å². The van der Waals surface area contributed by atoms with Crippen molar-refractivity contribution in [2.24, 2.45) is 0 Å². The van der Waals surface area contributed by atoms with Gasteiger partial charge in [0.25, 0.3) is 5.91 Å². The van der Waals surface area contributed by atoms with Crippen molar-refractivity contribution in [2.75, 3.05) is 18.1 Å². The Hall–Kier alpha value is -2.53. The van der Waals surface area contributed by atoms with Gasteiger partial charge in [0.2, 0.25) is 0 Å². The minimum Gasteiger partial charge on any atom is -0.447 e. The van der Waals surface area contributed by atoms with E-state index in [9.17, 15) is 9.59 Å². The molecule has 1 aliphatic heterocycles. The number of cyclic esters (lactones) is 1. The molecule has 1 heterocycles. The maximum Gasteiger partial charge on any atom is 0.414 e. The van der Waals surface area contributed by atoms with Crippen molar-refractivity contribution in [3.63, 3.8) is 0 Å². The van der Waals surface area contributed by atoms with Gasteiger partial charge in [-0.15, -0.1) is 0 Å². The van der Waals surface area contributed by atoms with E-state index in [2.05, 4.69) is 19.2 Å². The first-order valence-electron chi connectivity index (χ1n) is 9.12. The van der Waals surface area contributed by atoms with Crippen LogP contribution in [0.15, 0.2) is 48.5 Å². The van der Waals surface area contributed by atoms with Gasteiger partial charge in [-0.3, -0.25) is 9.69 Å². The normalized spacial score (nSPS) is 14.2. The SMILES string of the molecule is CCC(CC)(NC(=O)c1ccc(N2CCOC2=O)cc1)c1ccc(Cl)cc1. The standard InChI is InChI=1S/C21H23ClN2O3/c1-3-21(4-2,16-7-9-17(22)10-8-16)23-19(25)15-5-11-18(12-6-15)24-13-14-27-20(24)26/h5-12H,3-4,13-14H2,1-2H3,(H,23,25). The Labute approximate surface area is 164 Å². The third kappa shape index (κ3) is 3.93. The van der Waals surface area contributed by atoms with Crippen LogP contribution in [0.2, 0.25) is 5.02 Å². The molecule has 0 saturated carbocycles. The number of amides is 2. The number of carbonyl (C=O) groups excluding carboxylic acids is 2. The largest absolute Gasteiger partial charge is 0.447 e. The summed E-state index contributed by atoms with van der Waals surface area (Å²) in [5.41, 5.74) is 1.84. The van der Waals surface area contributed by atoms with Gasteiger partial charge in [0.1, 0.15) is 6.61 Å². The number of nitrogens with zero attached hydrogens (tertiary/aromatic N) is 1. The van der Waals surface area contributed by atoms with Crippen LogP contribution >= 0.6 is 11.6 Å². The second kappa shape index (κ2) is 8.01.